The molecule has 10 nitrogen and oxygen atoms in total. The second-order valence-electron chi connectivity index (χ2n) is 7.70. The highest BCUT2D eigenvalue weighted by Crippen LogP contribution is 2.27. The van der Waals surface area contributed by atoms with Crippen LogP contribution in [0.15, 0.2) is 18.6 Å². The highest BCUT2D eigenvalue weighted by atomic mass is 19.4. The minimum atomic E-state index is -4.41. The van der Waals surface area contributed by atoms with Gasteiger partial charge in [-0.2, -0.15) is 13.2 Å². The van der Waals surface area contributed by atoms with Gasteiger partial charge in [0.25, 0.3) is 0 Å². The lowest BCUT2D eigenvalue weighted by Crippen LogP contribution is -2.38. The number of fused-ring (bicyclic) bond motifs is 1. The van der Waals surface area contributed by atoms with Crippen LogP contribution in [-0.2, 0) is 22.6 Å². The number of anilines is 1. The monoisotopic (exact) mass is 466 g/mol. The first kappa shape index (κ1) is 23.3. The van der Waals surface area contributed by atoms with Crippen molar-refractivity contribution in [3.05, 3.63) is 35.9 Å². The summed E-state index contributed by atoms with van der Waals surface area (Å²) >= 11 is 0. The maximum atomic E-state index is 13.1. The van der Waals surface area contributed by atoms with E-state index < -0.39 is 18.8 Å². The number of aryl methyl sites for hydroxylation is 1. The number of morpholine rings is 1. The summed E-state index contributed by atoms with van der Waals surface area (Å²) in [6, 6.07) is 1.85. The van der Waals surface area contributed by atoms with Gasteiger partial charge in [-0.05, 0) is 13.0 Å². The SMILES string of the molecule is COCCNc1nc(C2CN(Cc3ccnc(C)n3)CCO2)nc2c1ncn2CC(F)(F)F. The fourth-order valence-electron chi connectivity index (χ4n) is 3.63. The molecule has 1 fully saturated rings. The first-order valence-corrected chi connectivity index (χ1v) is 10.5. The van der Waals surface area contributed by atoms with E-state index in [1.807, 2.05) is 13.0 Å². The molecule has 1 aliphatic rings. The Morgan fingerprint density at radius 3 is 2.85 bits per heavy atom. The van der Waals surface area contributed by atoms with Crippen molar-refractivity contribution in [2.45, 2.75) is 32.3 Å². The van der Waals surface area contributed by atoms with Gasteiger partial charge in [0.2, 0.25) is 0 Å². The Balaban J connectivity index is 1.61. The lowest BCUT2D eigenvalue weighted by molar-refractivity contribution is -0.140. The topological polar surface area (TPSA) is 103 Å². The van der Waals surface area contributed by atoms with Crippen molar-refractivity contribution in [3.63, 3.8) is 0 Å². The van der Waals surface area contributed by atoms with Crippen LogP contribution in [0.3, 0.4) is 0 Å². The van der Waals surface area contributed by atoms with Gasteiger partial charge in [-0.3, -0.25) is 4.90 Å². The number of rotatable bonds is 8. The molecule has 0 aliphatic carbocycles. The van der Waals surface area contributed by atoms with E-state index in [1.54, 1.807) is 13.3 Å². The predicted molar refractivity (Wildman–Crippen MR) is 112 cm³/mol. The molecule has 0 aromatic carbocycles. The molecular formula is C20H25F3N8O2. The van der Waals surface area contributed by atoms with E-state index in [4.69, 9.17) is 9.47 Å². The number of alkyl halides is 3. The van der Waals surface area contributed by atoms with Gasteiger partial charge in [0.15, 0.2) is 17.3 Å². The van der Waals surface area contributed by atoms with Crippen LogP contribution in [0.4, 0.5) is 19.0 Å². The molecule has 0 spiro atoms. The van der Waals surface area contributed by atoms with Gasteiger partial charge in [-0.25, -0.2) is 24.9 Å². The molecule has 3 aromatic heterocycles. The zero-order valence-corrected chi connectivity index (χ0v) is 18.3. The number of nitrogens with one attached hydrogen (secondary N) is 1. The highest BCUT2D eigenvalue weighted by molar-refractivity contribution is 5.83. The minimum absolute atomic E-state index is 0.101. The molecule has 0 saturated carbocycles. The third-order valence-electron chi connectivity index (χ3n) is 5.09. The maximum absolute atomic E-state index is 13.1. The second-order valence-corrected chi connectivity index (χ2v) is 7.70. The first-order chi connectivity index (χ1) is 15.8. The van der Waals surface area contributed by atoms with Gasteiger partial charge < -0.3 is 19.4 Å². The van der Waals surface area contributed by atoms with Crippen LogP contribution in [-0.4, -0.2) is 80.5 Å². The fraction of sp³-hybridized carbons (Fsp3) is 0.550. The normalized spacial score (nSPS) is 17.5. The Morgan fingerprint density at radius 2 is 2.09 bits per heavy atom. The molecule has 1 N–H and O–H groups in total. The van der Waals surface area contributed by atoms with Crippen molar-refractivity contribution >= 4 is 17.0 Å². The standard InChI is InChI=1S/C20H25F3N8O2/c1-13-24-4-3-14(27-13)9-30-6-8-33-15(10-30)17-28-18(25-5-7-32-2)16-19(29-17)31(12-26-16)11-20(21,22)23/h3-4,12,15H,5-11H2,1-2H3,(H,25,28,29). The quantitative estimate of drug-likeness (QED) is 0.500. The third kappa shape index (κ3) is 5.92. The number of ether oxygens (including phenoxy) is 2. The van der Waals surface area contributed by atoms with E-state index in [9.17, 15) is 13.2 Å². The number of hydrogen-bond acceptors (Lipinski definition) is 9. The molecule has 0 amide bonds. The number of halogens is 3. The van der Waals surface area contributed by atoms with E-state index in [2.05, 4.69) is 35.1 Å². The second kappa shape index (κ2) is 9.93. The summed E-state index contributed by atoms with van der Waals surface area (Å²) < 4.78 is 51.1. The van der Waals surface area contributed by atoms with E-state index >= 15 is 0 Å². The van der Waals surface area contributed by atoms with Gasteiger partial charge in [0.05, 0.1) is 25.2 Å². The van der Waals surface area contributed by atoms with Crippen LogP contribution in [0.2, 0.25) is 0 Å². The van der Waals surface area contributed by atoms with E-state index in [0.717, 1.165) is 16.6 Å². The summed E-state index contributed by atoms with van der Waals surface area (Å²) in [5, 5.41) is 3.08. The van der Waals surface area contributed by atoms with Crippen LogP contribution in [0, 0.1) is 6.92 Å². The van der Waals surface area contributed by atoms with Crippen LogP contribution in [0.25, 0.3) is 11.2 Å². The molecule has 1 aliphatic heterocycles. The van der Waals surface area contributed by atoms with E-state index in [0.29, 0.717) is 56.9 Å². The van der Waals surface area contributed by atoms with Crippen LogP contribution >= 0.6 is 0 Å². The number of hydrogen-bond donors (Lipinski definition) is 1. The predicted octanol–water partition coefficient (Wildman–Crippen LogP) is 2.12. The summed E-state index contributed by atoms with van der Waals surface area (Å²) in [7, 11) is 1.56. The maximum Gasteiger partial charge on any atom is 0.406 e. The zero-order chi connectivity index (χ0) is 23.4. The molecule has 4 heterocycles. The molecule has 33 heavy (non-hydrogen) atoms. The van der Waals surface area contributed by atoms with Crippen molar-refractivity contribution in [2.24, 2.45) is 0 Å². The molecule has 13 heteroatoms. The Labute approximate surface area is 188 Å². The van der Waals surface area contributed by atoms with Crippen molar-refractivity contribution < 1.29 is 22.6 Å². The van der Waals surface area contributed by atoms with E-state index in [1.165, 1.54) is 0 Å². The van der Waals surface area contributed by atoms with Gasteiger partial charge in [0.1, 0.15) is 24.0 Å². The van der Waals surface area contributed by atoms with Crippen molar-refractivity contribution in [1.82, 2.24) is 34.4 Å². The van der Waals surface area contributed by atoms with Crippen LogP contribution in [0.1, 0.15) is 23.4 Å². The minimum Gasteiger partial charge on any atom is -0.383 e. The summed E-state index contributed by atoms with van der Waals surface area (Å²) in [6.45, 7) is 3.64. The molecule has 0 bridgehead atoms. The zero-order valence-electron chi connectivity index (χ0n) is 18.3. The molecule has 0 radical (unpaired) electrons. The summed E-state index contributed by atoms with van der Waals surface area (Å²) in [5.74, 6) is 1.34. The van der Waals surface area contributed by atoms with Crippen molar-refractivity contribution in [1.29, 1.82) is 0 Å². The Kier molecular flexibility index (Phi) is 7.00. The number of methoxy groups -OCH3 is 1. The van der Waals surface area contributed by atoms with Crippen molar-refractivity contribution in [3.8, 4) is 0 Å². The molecule has 1 atom stereocenters. The molecule has 178 valence electrons. The highest BCUT2D eigenvalue weighted by Gasteiger charge is 2.31. The van der Waals surface area contributed by atoms with Gasteiger partial charge in [-0.15, -0.1) is 0 Å². The average molecular weight is 466 g/mol. The van der Waals surface area contributed by atoms with Gasteiger partial charge in [0, 0.05) is 39.5 Å². The first-order valence-electron chi connectivity index (χ1n) is 10.5. The molecular weight excluding hydrogens is 441 g/mol. The Morgan fingerprint density at radius 1 is 1.24 bits per heavy atom. The summed E-state index contributed by atoms with van der Waals surface area (Å²) in [4.78, 5) is 23.8. The average Bonchev–Trinajstić information content (AvgIpc) is 3.15. The van der Waals surface area contributed by atoms with Crippen LogP contribution in [0.5, 0.6) is 0 Å². The number of nitrogens with zero attached hydrogens (tertiary/aromatic N) is 7. The molecule has 1 saturated heterocycles. The Bertz CT molecular complexity index is 1090. The Hall–Kier alpha value is -2.90. The third-order valence-corrected chi connectivity index (χ3v) is 5.09. The smallest absolute Gasteiger partial charge is 0.383 e. The van der Waals surface area contributed by atoms with Crippen molar-refractivity contribution in [2.75, 3.05) is 45.3 Å². The summed E-state index contributed by atoms with van der Waals surface area (Å²) in [5.41, 5.74) is 1.25. The van der Waals surface area contributed by atoms with Crippen LogP contribution < -0.4 is 5.32 Å². The summed E-state index contributed by atoms with van der Waals surface area (Å²) in [6.07, 6.45) is -2.07. The lowest BCUT2D eigenvalue weighted by atomic mass is 10.2. The van der Waals surface area contributed by atoms with Gasteiger partial charge >= 0.3 is 6.18 Å². The molecule has 1 unspecified atom stereocenters. The number of imidazole rings is 1. The largest absolute Gasteiger partial charge is 0.406 e. The lowest BCUT2D eigenvalue weighted by Gasteiger charge is -2.32. The fourth-order valence-corrected chi connectivity index (χ4v) is 3.63. The molecule has 4 rings (SSSR count). The van der Waals surface area contributed by atoms with Gasteiger partial charge in [-0.1, -0.05) is 0 Å². The number of aromatic nitrogens is 6. The molecule has 3 aromatic rings. The van der Waals surface area contributed by atoms with E-state index in [-0.39, 0.29) is 11.2 Å².